The number of benzene rings is 1. The maximum absolute atomic E-state index is 13.5. The number of aliphatic imine (C=N–C) groups is 1. The fourth-order valence-electron chi connectivity index (χ4n) is 1.99. The van der Waals surface area contributed by atoms with E-state index in [0.717, 1.165) is 12.1 Å². The summed E-state index contributed by atoms with van der Waals surface area (Å²) in [6.45, 7) is 3.03. The summed E-state index contributed by atoms with van der Waals surface area (Å²) in [5, 5.41) is 1.93. The molecule has 2 rings (SSSR count). The molecular weight excluding hydrogens is 295 g/mol. The van der Waals surface area contributed by atoms with Crippen LogP contribution in [0.5, 0.6) is 0 Å². The van der Waals surface area contributed by atoms with Gasteiger partial charge in [0.2, 0.25) is 0 Å². The van der Waals surface area contributed by atoms with E-state index in [9.17, 15) is 12.8 Å². The van der Waals surface area contributed by atoms with E-state index in [1.165, 1.54) is 32.2 Å². The first kappa shape index (κ1) is 15.5. The van der Waals surface area contributed by atoms with Gasteiger partial charge < -0.3 is 11.1 Å². The van der Waals surface area contributed by atoms with Crippen molar-refractivity contribution in [1.29, 1.82) is 0 Å². The molecule has 0 aliphatic carbocycles. The highest BCUT2D eigenvalue weighted by Crippen LogP contribution is 2.31. The molecule has 0 fully saturated rings. The molecule has 0 bridgehead atoms. The Morgan fingerprint density at radius 3 is 2.62 bits per heavy atom. The van der Waals surface area contributed by atoms with E-state index in [1.54, 1.807) is 0 Å². The zero-order chi connectivity index (χ0) is 15.8. The Labute approximate surface area is 122 Å². The molecule has 0 saturated heterocycles. The van der Waals surface area contributed by atoms with Crippen molar-refractivity contribution in [2.75, 3.05) is 0 Å². The molecule has 1 aromatic rings. The normalized spacial score (nSPS) is 22.0. The Hall–Kier alpha value is -1.93. The van der Waals surface area contributed by atoms with Crippen LogP contribution in [0.1, 0.15) is 19.4 Å². The predicted molar refractivity (Wildman–Crippen MR) is 78.5 cm³/mol. The third-order valence-corrected chi connectivity index (χ3v) is 5.37. The van der Waals surface area contributed by atoms with E-state index < -0.39 is 26.6 Å². The zero-order valence-electron chi connectivity index (χ0n) is 11.7. The fourth-order valence-corrected chi connectivity index (χ4v) is 3.31. The predicted octanol–water partition coefficient (Wildman–Crippen LogP) is 0.551. The van der Waals surface area contributed by atoms with Gasteiger partial charge in [0.05, 0.1) is 10.1 Å². The lowest BCUT2D eigenvalue weighted by molar-refractivity contribution is 0.546. The highest BCUT2D eigenvalue weighted by molar-refractivity contribution is 7.92. The third-order valence-electron chi connectivity index (χ3n) is 3.18. The van der Waals surface area contributed by atoms with Crippen molar-refractivity contribution >= 4 is 15.8 Å². The Bertz CT molecular complexity index is 728. The summed E-state index contributed by atoms with van der Waals surface area (Å²) in [5.41, 5.74) is 10.4. The van der Waals surface area contributed by atoms with Gasteiger partial charge in [-0.15, -0.1) is 0 Å². The minimum atomic E-state index is -3.72. The van der Waals surface area contributed by atoms with Crippen molar-refractivity contribution < 1.29 is 12.8 Å². The first-order valence-electron chi connectivity index (χ1n) is 6.29. The molecule has 0 spiro atoms. The molecular formula is C13H17FN4O2S. The SMILES string of the molecule is CC(C)S(=O)(=O)c1cc(F)ccc1C1(N)C=CNC(N)=N1. The van der Waals surface area contributed by atoms with Gasteiger partial charge in [0.1, 0.15) is 5.82 Å². The van der Waals surface area contributed by atoms with Crippen molar-refractivity contribution in [3.8, 4) is 0 Å². The molecule has 1 heterocycles. The molecule has 5 N–H and O–H groups in total. The van der Waals surface area contributed by atoms with E-state index in [4.69, 9.17) is 11.5 Å². The molecule has 1 aliphatic rings. The number of guanidine groups is 1. The summed E-state index contributed by atoms with van der Waals surface area (Å²) >= 11 is 0. The van der Waals surface area contributed by atoms with E-state index in [1.807, 2.05) is 0 Å². The van der Waals surface area contributed by atoms with Gasteiger partial charge in [-0.25, -0.2) is 17.8 Å². The summed E-state index contributed by atoms with van der Waals surface area (Å²) < 4.78 is 38.4. The molecule has 0 radical (unpaired) electrons. The van der Waals surface area contributed by atoms with Crippen LogP contribution in [0, 0.1) is 5.82 Å². The van der Waals surface area contributed by atoms with Crippen LogP contribution >= 0.6 is 0 Å². The van der Waals surface area contributed by atoms with Crippen LogP contribution in [0.25, 0.3) is 0 Å². The van der Waals surface area contributed by atoms with Crippen molar-refractivity contribution in [2.45, 2.75) is 29.7 Å². The van der Waals surface area contributed by atoms with Crippen LogP contribution in [-0.2, 0) is 15.5 Å². The molecule has 0 saturated carbocycles. The molecule has 114 valence electrons. The number of hydrogen-bond donors (Lipinski definition) is 3. The van der Waals surface area contributed by atoms with E-state index in [-0.39, 0.29) is 16.4 Å². The zero-order valence-corrected chi connectivity index (χ0v) is 12.5. The number of nitrogens with zero attached hydrogens (tertiary/aromatic N) is 1. The quantitative estimate of drug-likeness (QED) is 0.755. The smallest absolute Gasteiger partial charge is 0.195 e. The number of hydrogen-bond acceptors (Lipinski definition) is 6. The molecule has 1 aromatic carbocycles. The second-order valence-corrected chi connectivity index (χ2v) is 7.51. The molecule has 0 aromatic heterocycles. The van der Waals surface area contributed by atoms with Crippen molar-refractivity contribution in [3.63, 3.8) is 0 Å². The van der Waals surface area contributed by atoms with Crippen LogP contribution < -0.4 is 16.8 Å². The van der Waals surface area contributed by atoms with Gasteiger partial charge in [-0.3, -0.25) is 5.73 Å². The topological polar surface area (TPSA) is 111 Å². The number of halogens is 1. The van der Waals surface area contributed by atoms with E-state index in [0.29, 0.717) is 0 Å². The first-order chi connectivity index (χ1) is 9.67. The average molecular weight is 312 g/mol. The summed E-state index contributed by atoms with van der Waals surface area (Å²) in [5.74, 6) is -0.603. The van der Waals surface area contributed by atoms with Gasteiger partial charge in [-0.1, -0.05) is 6.07 Å². The van der Waals surface area contributed by atoms with E-state index in [2.05, 4.69) is 10.3 Å². The second kappa shape index (κ2) is 5.12. The van der Waals surface area contributed by atoms with Gasteiger partial charge in [-0.05, 0) is 32.1 Å². The lowest BCUT2D eigenvalue weighted by Crippen LogP contribution is -2.43. The second-order valence-electron chi connectivity index (χ2n) is 5.03. The van der Waals surface area contributed by atoms with Gasteiger partial charge >= 0.3 is 0 Å². The molecule has 1 atom stereocenters. The maximum atomic E-state index is 13.5. The van der Waals surface area contributed by atoms with Crippen LogP contribution in [-0.4, -0.2) is 19.6 Å². The first-order valence-corrected chi connectivity index (χ1v) is 7.84. The molecule has 6 nitrogen and oxygen atoms in total. The largest absolute Gasteiger partial charge is 0.370 e. The number of nitrogens with two attached hydrogens (primary N) is 2. The molecule has 1 unspecified atom stereocenters. The maximum Gasteiger partial charge on any atom is 0.195 e. The van der Waals surface area contributed by atoms with Crippen LogP contribution in [0.15, 0.2) is 40.4 Å². The monoisotopic (exact) mass is 312 g/mol. The standard InChI is InChI=1S/C13H17FN4O2S/c1-8(2)21(19,20)11-7-9(14)3-4-10(11)13(16)5-6-17-12(15)18-13/h3-8H,16H2,1-2H3,(H3,15,17,18). The van der Waals surface area contributed by atoms with Crippen molar-refractivity contribution in [3.05, 3.63) is 41.9 Å². The Kier molecular flexibility index (Phi) is 3.77. The van der Waals surface area contributed by atoms with Gasteiger partial charge in [0, 0.05) is 11.8 Å². The molecule has 8 heteroatoms. The highest BCUT2D eigenvalue weighted by atomic mass is 32.2. The van der Waals surface area contributed by atoms with Gasteiger partial charge in [-0.2, -0.15) is 0 Å². The molecule has 1 aliphatic heterocycles. The summed E-state index contributed by atoms with van der Waals surface area (Å²) in [6, 6.07) is 3.42. The van der Waals surface area contributed by atoms with Gasteiger partial charge in [0.25, 0.3) is 0 Å². The van der Waals surface area contributed by atoms with Crippen molar-refractivity contribution in [2.24, 2.45) is 16.5 Å². The lowest BCUT2D eigenvalue weighted by atomic mass is 10.00. The van der Waals surface area contributed by atoms with Crippen LogP contribution in [0.3, 0.4) is 0 Å². The van der Waals surface area contributed by atoms with Crippen LogP contribution in [0.2, 0.25) is 0 Å². The Balaban J connectivity index is 2.72. The highest BCUT2D eigenvalue weighted by Gasteiger charge is 2.34. The fraction of sp³-hybridized carbons (Fsp3) is 0.308. The molecule has 21 heavy (non-hydrogen) atoms. The molecule has 0 amide bonds. The van der Waals surface area contributed by atoms with Gasteiger partial charge in [0.15, 0.2) is 21.5 Å². The minimum absolute atomic E-state index is 0.0530. The third kappa shape index (κ3) is 2.77. The number of nitrogens with one attached hydrogen (secondary N) is 1. The minimum Gasteiger partial charge on any atom is -0.370 e. The summed E-state index contributed by atoms with van der Waals surface area (Å²) in [4.78, 5) is 3.86. The Morgan fingerprint density at radius 2 is 2.05 bits per heavy atom. The lowest BCUT2D eigenvalue weighted by Gasteiger charge is -2.28. The number of sulfone groups is 1. The van der Waals surface area contributed by atoms with E-state index >= 15 is 0 Å². The van der Waals surface area contributed by atoms with Crippen molar-refractivity contribution in [1.82, 2.24) is 5.32 Å². The Morgan fingerprint density at radius 1 is 1.38 bits per heavy atom. The van der Waals surface area contributed by atoms with Crippen LogP contribution in [0.4, 0.5) is 4.39 Å². The summed E-state index contributed by atoms with van der Waals surface area (Å²) in [7, 11) is -3.72. The number of rotatable bonds is 3. The summed E-state index contributed by atoms with van der Waals surface area (Å²) in [6.07, 6.45) is 2.94. The average Bonchev–Trinajstić information content (AvgIpc) is 2.37.